The number of carbonyl (C=O) groups excluding carboxylic acids is 2. The zero-order chi connectivity index (χ0) is 23.8. The third kappa shape index (κ3) is 3.64. The molecule has 2 amide bonds. The molecule has 2 aromatic carbocycles. The van der Waals surface area contributed by atoms with Crippen LogP contribution in [0.2, 0.25) is 0 Å². The lowest BCUT2D eigenvalue weighted by Crippen LogP contribution is -2.39. The zero-order valence-electron chi connectivity index (χ0n) is 18.8. The van der Waals surface area contributed by atoms with Gasteiger partial charge in [-0.3, -0.25) is 14.6 Å². The smallest absolute Gasteiger partial charge is 0.263 e. The summed E-state index contributed by atoms with van der Waals surface area (Å²) in [6, 6.07) is 10.7. The molecule has 1 fully saturated rings. The van der Waals surface area contributed by atoms with Gasteiger partial charge in [0.25, 0.3) is 11.8 Å². The molecule has 0 unspecified atom stereocenters. The summed E-state index contributed by atoms with van der Waals surface area (Å²) < 4.78 is 16.3. The standard InChI is InChI=1S/C23H22N6O5/c1-4-33-16-10-7-14(11-17(16)32-3)21-24-18(34-26-21)12-28-20-19(25-27-28)22(30)29(23(20)31)15-8-5-13(2)6-9-15/h5-11,19-20H,4,12H2,1-3H3/t19-,20-/m1/s1. The van der Waals surface area contributed by atoms with Crippen molar-refractivity contribution in [3.05, 3.63) is 53.9 Å². The van der Waals surface area contributed by atoms with Gasteiger partial charge in [0.2, 0.25) is 11.7 Å². The quantitative estimate of drug-likeness (QED) is 0.491. The molecule has 174 valence electrons. The Morgan fingerprint density at radius 2 is 1.85 bits per heavy atom. The van der Waals surface area contributed by atoms with Crippen LogP contribution in [-0.4, -0.2) is 52.8 Å². The SMILES string of the molecule is CCOc1ccc(-c2noc(CN3N=N[C@H]4C(=O)N(c5ccc(C)cc5)C(=O)[C@@H]43)n2)cc1OC. The Balaban J connectivity index is 1.34. The number of hydrogen-bond donors (Lipinski definition) is 0. The summed E-state index contributed by atoms with van der Waals surface area (Å²) in [6.07, 6.45) is 0. The van der Waals surface area contributed by atoms with Crippen molar-refractivity contribution in [3.8, 4) is 22.9 Å². The number of carbonyl (C=O) groups is 2. The molecule has 0 radical (unpaired) electrons. The van der Waals surface area contributed by atoms with Crippen LogP contribution in [0.4, 0.5) is 5.69 Å². The fourth-order valence-corrected chi connectivity index (χ4v) is 3.96. The maximum Gasteiger partial charge on any atom is 0.263 e. The van der Waals surface area contributed by atoms with Gasteiger partial charge in [-0.2, -0.15) is 10.1 Å². The van der Waals surface area contributed by atoms with Crippen molar-refractivity contribution in [1.82, 2.24) is 15.1 Å². The summed E-state index contributed by atoms with van der Waals surface area (Å²) >= 11 is 0. The molecule has 11 heteroatoms. The van der Waals surface area contributed by atoms with E-state index in [1.807, 2.05) is 26.0 Å². The Morgan fingerprint density at radius 1 is 1.06 bits per heavy atom. The number of anilines is 1. The minimum absolute atomic E-state index is 0.0343. The second kappa shape index (κ2) is 8.58. The minimum Gasteiger partial charge on any atom is -0.493 e. The van der Waals surface area contributed by atoms with E-state index in [-0.39, 0.29) is 18.3 Å². The van der Waals surface area contributed by atoms with Crippen LogP contribution >= 0.6 is 0 Å². The van der Waals surface area contributed by atoms with Crippen molar-refractivity contribution in [3.63, 3.8) is 0 Å². The molecule has 11 nitrogen and oxygen atoms in total. The van der Waals surface area contributed by atoms with Crippen molar-refractivity contribution in [1.29, 1.82) is 0 Å². The molecule has 0 saturated carbocycles. The lowest BCUT2D eigenvalue weighted by Gasteiger charge is -2.19. The van der Waals surface area contributed by atoms with Crippen molar-refractivity contribution in [2.45, 2.75) is 32.5 Å². The van der Waals surface area contributed by atoms with E-state index in [0.717, 1.165) is 10.5 Å². The van der Waals surface area contributed by atoms with Gasteiger partial charge in [0.1, 0.15) is 6.54 Å². The summed E-state index contributed by atoms with van der Waals surface area (Å²) in [5.74, 6) is 0.949. The number of benzene rings is 2. The number of hydrogen-bond acceptors (Lipinski definition) is 10. The fraction of sp³-hybridized carbons (Fsp3) is 0.304. The van der Waals surface area contributed by atoms with Gasteiger partial charge in [-0.1, -0.05) is 28.1 Å². The number of imide groups is 1. The number of aromatic nitrogens is 2. The molecule has 0 spiro atoms. The molecule has 2 aliphatic rings. The topological polar surface area (TPSA) is 123 Å². The van der Waals surface area contributed by atoms with Gasteiger partial charge >= 0.3 is 0 Å². The van der Waals surface area contributed by atoms with E-state index >= 15 is 0 Å². The van der Waals surface area contributed by atoms with E-state index in [1.165, 1.54) is 5.01 Å². The average molecular weight is 462 g/mol. The van der Waals surface area contributed by atoms with Crippen molar-refractivity contribution < 1.29 is 23.6 Å². The third-order valence-corrected chi connectivity index (χ3v) is 5.64. The van der Waals surface area contributed by atoms with Crippen molar-refractivity contribution in [2.75, 3.05) is 18.6 Å². The number of rotatable bonds is 7. The number of nitrogens with zero attached hydrogens (tertiary/aromatic N) is 6. The summed E-state index contributed by atoms with van der Waals surface area (Å²) in [5.41, 5.74) is 2.21. The fourth-order valence-electron chi connectivity index (χ4n) is 3.96. The van der Waals surface area contributed by atoms with E-state index in [2.05, 4.69) is 20.5 Å². The molecule has 5 rings (SSSR count). The first-order valence-electron chi connectivity index (χ1n) is 10.8. The second-order valence-electron chi connectivity index (χ2n) is 7.85. The van der Waals surface area contributed by atoms with E-state index in [0.29, 0.717) is 35.2 Å². The lowest BCUT2D eigenvalue weighted by molar-refractivity contribution is -0.123. The van der Waals surface area contributed by atoms with E-state index in [9.17, 15) is 9.59 Å². The molecule has 1 aromatic heterocycles. The highest BCUT2D eigenvalue weighted by atomic mass is 16.5. The third-order valence-electron chi connectivity index (χ3n) is 5.64. The maximum absolute atomic E-state index is 13.1. The van der Waals surface area contributed by atoms with Crippen LogP contribution < -0.4 is 14.4 Å². The molecule has 2 atom stereocenters. The van der Waals surface area contributed by atoms with Gasteiger partial charge in [-0.05, 0) is 44.2 Å². The first-order chi connectivity index (χ1) is 16.5. The zero-order valence-corrected chi connectivity index (χ0v) is 18.8. The first kappa shape index (κ1) is 21.6. The van der Waals surface area contributed by atoms with Crippen LogP contribution in [0.25, 0.3) is 11.4 Å². The predicted octanol–water partition coefficient (Wildman–Crippen LogP) is 2.95. The van der Waals surface area contributed by atoms with Crippen LogP contribution in [0.3, 0.4) is 0 Å². The Bertz CT molecular complexity index is 1270. The van der Waals surface area contributed by atoms with Gasteiger partial charge in [0.05, 0.1) is 19.4 Å². The minimum atomic E-state index is -0.897. The number of ether oxygens (including phenoxy) is 2. The van der Waals surface area contributed by atoms with Crippen molar-refractivity contribution in [2.24, 2.45) is 10.3 Å². The molecule has 0 aliphatic carbocycles. The van der Waals surface area contributed by atoms with E-state index in [1.54, 1.807) is 37.4 Å². The Hall–Kier alpha value is -4.28. The molecule has 2 aliphatic heterocycles. The van der Waals surface area contributed by atoms with Gasteiger partial charge in [-0.15, -0.1) is 0 Å². The first-order valence-corrected chi connectivity index (χ1v) is 10.8. The number of amides is 2. The lowest BCUT2D eigenvalue weighted by atomic mass is 10.1. The predicted molar refractivity (Wildman–Crippen MR) is 119 cm³/mol. The summed E-state index contributed by atoms with van der Waals surface area (Å²) in [5, 5.41) is 13.5. The van der Waals surface area contributed by atoms with Gasteiger partial charge in [-0.25, -0.2) is 4.90 Å². The maximum atomic E-state index is 13.1. The van der Waals surface area contributed by atoms with E-state index in [4.69, 9.17) is 14.0 Å². The molecular weight excluding hydrogens is 440 g/mol. The highest BCUT2D eigenvalue weighted by molar-refractivity contribution is 6.25. The molecule has 3 aromatic rings. The Labute approximate surface area is 194 Å². The summed E-state index contributed by atoms with van der Waals surface area (Å²) in [7, 11) is 1.55. The van der Waals surface area contributed by atoms with Crippen LogP contribution in [0, 0.1) is 6.92 Å². The largest absolute Gasteiger partial charge is 0.493 e. The van der Waals surface area contributed by atoms with E-state index < -0.39 is 18.0 Å². The highest BCUT2D eigenvalue weighted by Gasteiger charge is 2.55. The van der Waals surface area contributed by atoms with Crippen LogP contribution in [0.1, 0.15) is 18.4 Å². The van der Waals surface area contributed by atoms with Gasteiger partial charge in [0.15, 0.2) is 23.6 Å². The monoisotopic (exact) mass is 462 g/mol. The van der Waals surface area contributed by atoms with Crippen molar-refractivity contribution >= 4 is 17.5 Å². The van der Waals surface area contributed by atoms with Crippen LogP contribution in [0.15, 0.2) is 57.3 Å². The molecule has 0 bridgehead atoms. The van der Waals surface area contributed by atoms with Crippen LogP contribution in [0.5, 0.6) is 11.5 Å². The highest BCUT2D eigenvalue weighted by Crippen LogP contribution is 2.34. The van der Waals surface area contributed by atoms with Crippen LogP contribution in [-0.2, 0) is 16.1 Å². The molecule has 34 heavy (non-hydrogen) atoms. The Morgan fingerprint density at radius 3 is 2.59 bits per heavy atom. The van der Waals surface area contributed by atoms with Gasteiger partial charge in [0, 0.05) is 5.56 Å². The average Bonchev–Trinajstić information content (AvgIpc) is 3.53. The number of aryl methyl sites for hydroxylation is 1. The normalized spacial score (nSPS) is 19.1. The second-order valence-corrected chi connectivity index (χ2v) is 7.85. The molecule has 0 N–H and O–H groups in total. The summed E-state index contributed by atoms with van der Waals surface area (Å²) in [4.78, 5) is 31.5. The molecule has 3 heterocycles. The number of fused-ring (bicyclic) bond motifs is 1. The Kier molecular flexibility index (Phi) is 5.44. The van der Waals surface area contributed by atoms with Gasteiger partial charge < -0.3 is 14.0 Å². The number of methoxy groups -OCH3 is 1. The summed E-state index contributed by atoms with van der Waals surface area (Å²) in [6.45, 7) is 4.37. The molecule has 1 saturated heterocycles. The molecular formula is C23H22N6O5.